The molecule has 134 valence electrons. The van der Waals surface area contributed by atoms with E-state index in [1.165, 1.54) is 0 Å². The van der Waals surface area contributed by atoms with Crippen molar-refractivity contribution in [1.29, 1.82) is 0 Å². The van der Waals surface area contributed by atoms with Gasteiger partial charge in [0.25, 0.3) is 5.91 Å². The largest absolute Gasteiger partial charge is 0.378 e. The van der Waals surface area contributed by atoms with Crippen LogP contribution >= 0.6 is 11.3 Å². The number of hydrogen-bond donors (Lipinski definition) is 1. The molecule has 1 aliphatic carbocycles. The summed E-state index contributed by atoms with van der Waals surface area (Å²) < 4.78 is 5.33. The molecule has 1 N–H and O–H groups in total. The van der Waals surface area contributed by atoms with Crippen molar-refractivity contribution in [1.82, 2.24) is 10.1 Å². The fourth-order valence-electron chi connectivity index (χ4n) is 2.67. The molecule has 1 saturated carbocycles. The number of amides is 1. The summed E-state index contributed by atoms with van der Waals surface area (Å²) in [6.45, 7) is 1.97. The van der Waals surface area contributed by atoms with Crippen LogP contribution in [0.5, 0.6) is 0 Å². The molecule has 1 amide bonds. The molecule has 2 aromatic heterocycles. The maximum atomic E-state index is 12.6. The van der Waals surface area contributed by atoms with Gasteiger partial charge in [0.05, 0.1) is 10.6 Å². The average Bonchev–Trinajstić information content (AvgIpc) is 3.25. The fraction of sp³-hybridized carbons (Fsp3) is 0.316. The van der Waals surface area contributed by atoms with Gasteiger partial charge in [-0.15, -0.1) is 11.3 Å². The lowest BCUT2D eigenvalue weighted by Crippen LogP contribution is -2.14. The lowest BCUT2D eigenvalue weighted by Gasteiger charge is -2.13. The van der Waals surface area contributed by atoms with Crippen LogP contribution in [-0.4, -0.2) is 30.1 Å². The smallest absolute Gasteiger partial charge is 0.255 e. The van der Waals surface area contributed by atoms with Crippen molar-refractivity contribution in [2.45, 2.75) is 25.7 Å². The second-order valence-electron chi connectivity index (χ2n) is 6.71. The van der Waals surface area contributed by atoms with Crippen molar-refractivity contribution in [2.24, 2.45) is 0 Å². The van der Waals surface area contributed by atoms with E-state index in [2.05, 4.69) is 15.5 Å². The first kappa shape index (κ1) is 16.8. The van der Waals surface area contributed by atoms with Crippen molar-refractivity contribution in [3.8, 4) is 10.7 Å². The number of anilines is 2. The van der Waals surface area contributed by atoms with Crippen LogP contribution < -0.4 is 10.2 Å². The topological polar surface area (TPSA) is 71.3 Å². The number of nitrogens with one attached hydrogen (secondary N) is 1. The zero-order chi connectivity index (χ0) is 18.3. The Bertz CT molecular complexity index is 956. The molecule has 0 bridgehead atoms. The van der Waals surface area contributed by atoms with Gasteiger partial charge in [0.2, 0.25) is 11.7 Å². The van der Waals surface area contributed by atoms with Gasteiger partial charge in [-0.2, -0.15) is 4.98 Å². The third kappa shape index (κ3) is 3.35. The zero-order valence-corrected chi connectivity index (χ0v) is 15.8. The summed E-state index contributed by atoms with van der Waals surface area (Å²) in [7, 11) is 3.90. The lowest BCUT2D eigenvalue weighted by atomic mass is 10.1. The number of thiophene rings is 1. The van der Waals surface area contributed by atoms with Crippen LogP contribution in [0.4, 0.5) is 11.4 Å². The Balaban J connectivity index is 1.53. The Labute approximate surface area is 155 Å². The lowest BCUT2D eigenvalue weighted by molar-refractivity contribution is 0.102. The quantitative estimate of drug-likeness (QED) is 0.727. The highest BCUT2D eigenvalue weighted by Crippen LogP contribution is 2.40. The standard InChI is InChI=1S/C19H20N4O2S/c1-11-15(20-18(24)13-5-4-6-14(9-13)23(2)3)10-16(26-11)17-21-19(25-22-17)12-7-8-12/h4-6,9-10,12H,7-8H2,1-3H3,(H,20,24). The predicted molar refractivity (Wildman–Crippen MR) is 103 cm³/mol. The Hall–Kier alpha value is -2.67. The van der Waals surface area contributed by atoms with E-state index in [4.69, 9.17) is 4.52 Å². The summed E-state index contributed by atoms with van der Waals surface area (Å²) in [5.41, 5.74) is 2.39. The van der Waals surface area contributed by atoms with Gasteiger partial charge in [-0.3, -0.25) is 4.79 Å². The van der Waals surface area contributed by atoms with E-state index < -0.39 is 0 Å². The van der Waals surface area contributed by atoms with E-state index in [-0.39, 0.29) is 5.91 Å². The number of carbonyl (C=O) groups is 1. The molecule has 0 spiro atoms. The number of aromatic nitrogens is 2. The number of aryl methyl sites for hydroxylation is 1. The van der Waals surface area contributed by atoms with Crippen LogP contribution in [-0.2, 0) is 0 Å². The van der Waals surface area contributed by atoms with Crippen LogP contribution in [0.3, 0.4) is 0 Å². The summed E-state index contributed by atoms with van der Waals surface area (Å²) in [4.78, 5) is 21.0. The van der Waals surface area contributed by atoms with Gasteiger partial charge < -0.3 is 14.7 Å². The van der Waals surface area contributed by atoms with E-state index in [0.717, 1.165) is 39.9 Å². The van der Waals surface area contributed by atoms with Crippen LogP contribution in [0.1, 0.15) is 39.9 Å². The zero-order valence-electron chi connectivity index (χ0n) is 14.9. The number of rotatable bonds is 5. The molecule has 0 radical (unpaired) electrons. The molecular formula is C19H20N4O2S. The highest BCUT2D eigenvalue weighted by molar-refractivity contribution is 7.16. The van der Waals surface area contributed by atoms with Crippen LogP contribution in [0.15, 0.2) is 34.9 Å². The van der Waals surface area contributed by atoms with Crippen molar-refractivity contribution >= 4 is 28.6 Å². The molecule has 1 fully saturated rings. The SMILES string of the molecule is Cc1sc(-c2noc(C3CC3)n2)cc1NC(=O)c1cccc(N(C)C)c1. The first-order valence-electron chi connectivity index (χ1n) is 8.54. The third-order valence-electron chi connectivity index (χ3n) is 4.38. The second kappa shape index (κ2) is 6.57. The van der Waals surface area contributed by atoms with E-state index in [0.29, 0.717) is 17.3 Å². The van der Waals surface area contributed by atoms with Crippen molar-refractivity contribution in [3.05, 3.63) is 46.7 Å². The first-order valence-corrected chi connectivity index (χ1v) is 9.36. The van der Waals surface area contributed by atoms with Crippen molar-refractivity contribution < 1.29 is 9.32 Å². The Morgan fingerprint density at radius 3 is 2.85 bits per heavy atom. The van der Waals surface area contributed by atoms with Gasteiger partial charge in [-0.1, -0.05) is 11.2 Å². The summed E-state index contributed by atoms with van der Waals surface area (Å²) in [5, 5.41) is 7.07. The Morgan fingerprint density at radius 2 is 2.12 bits per heavy atom. The molecule has 1 aromatic carbocycles. The molecule has 0 unspecified atom stereocenters. The van der Waals surface area contributed by atoms with E-state index in [1.54, 1.807) is 11.3 Å². The minimum Gasteiger partial charge on any atom is -0.378 e. The van der Waals surface area contributed by atoms with Crippen LogP contribution in [0.2, 0.25) is 0 Å². The third-order valence-corrected chi connectivity index (χ3v) is 5.43. The van der Waals surface area contributed by atoms with E-state index in [1.807, 2.05) is 56.3 Å². The summed E-state index contributed by atoms with van der Waals surface area (Å²) in [6.07, 6.45) is 2.25. The minimum absolute atomic E-state index is 0.132. The Morgan fingerprint density at radius 1 is 1.31 bits per heavy atom. The predicted octanol–water partition coefficient (Wildman–Crippen LogP) is 4.30. The molecule has 1 aliphatic rings. The molecule has 4 rings (SSSR count). The maximum Gasteiger partial charge on any atom is 0.255 e. The van der Waals surface area contributed by atoms with E-state index in [9.17, 15) is 4.79 Å². The monoisotopic (exact) mass is 368 g/mol. The molecule has 26 heavy (non-hydrogen) atoms. The highest BCUT2D eigenvalue weighted by Gasteiger charge is 2.30. The number of hydrogen-bond acceptors (Lipinski definition) is 6. The van der Waals surface area contributed by atoms with Gasteiger partial charge in [-0.05, 0) is 44.0 Å². The van der Waals surface area contributed by atoms with Gasteiger partial charge in [-0.25, -0.2) is 0 Å². The van der Waals surface area contributed by atoms with Gasteiger partial charge in [0.15, 0.2) is 0 Å². The summed E-state index contributed by atoms with van der Waals surface area (Å²) in [6, 6.07) is 9.45. The fourth-order valence-corrected chi connectivity index (χ4v) is 3.57. The second-order valence-corrected chi connectivity index (χ2v) is 7.97. The molecule has 0 aliphatic heterocycles. The Kier molecular flexibility index (Phi) is 4.24. The van der Waals surface area contributed by atoms with Crippen molar-refractivity contribution in [3.63, 3.8) is 0 Å². The molecule has 2 heterocycles. The number of carbonyl (C=O) groups excluding carboxylic acids is 1. The van der Waals surface area contributed by atoms with Gasteiger partial charge >= 0.3 is 0 Å². The average molecular weight is 368 g/mol. The molecule has 0 saturated heterocycles. The number of benzene rings is 1. The molecule has 3 aromatic rings. The normalized spacial score (nSPS) is 13.7. The van der Waals surface area contributed by atoms with Crippen molar-refractivity contribution in [2.75, 3.05) is 24.3 Å². The minimum atomic E-state index is -0.132. The molecular weight excluding hydrogens is 348 g/mol. The van der Waals surface area contributed by atoms with Crippen LogP contribution in [0, 0.1) is 6.92 Å². The number of nitrogens with zero attached hydrogens (tertiary/aromatic N) is 3. The van der Waals surface area contributed by atoms with Gasteiger partial charge in [0, 0.05) is 36.1 Å². The maximum absolute atomic E-state index is 12.6. The first-order chi connectivity index (χ1) is 12.5. The van der Waals surface area contributed by atoms with Gasteiger partial charge in [0.1, 0.15) is 0 Å². The van der Waals surface area contributed by atoms with Crippen LogP contribution in [0.25, 0.3) is 10.7 Å². The molecule has 7 heteroatoms. The van der Waals surface area contributed by atoms with E-state index >= 15 is 0 Å². The summed E-state index contributed by atoms with van der Waals surface area (Å²) >= 11 is 1.55. The molecule has 6 nitrogen and oxygen atoms in total. The highest BCUT2D eigenvalue weighted by atomic mass is 32.1. The summed E-state index contributed by atoms with van der Waals surface area (Å²) in [5.74, 6) is 1.61. The molecule has 0 atom stereocenters.